The third-order valence-electron chi connectivity index (χ3n) is 2.27. The Bertz CT molecular complexity index is 341. The van der Waals surface area contributed by atoms with E-state index in [0.717, 1.165) is 12.2 Å². The summed E-state index contributed by atoms with van der Waals surface area (Å²) >= 11 is 0. The van der Waals surface area contributed by atoms with Crippen molar-refractivity contribution in [3.8, 4) is 5.75 Å². The Balaban J connectivity index is 0.00000289. The molecule has 0 aliphatic carbocycles. The van der Waals surface area contributed by atoms with Crippen molar-refractivity contribution >= 4 is 18.3 Å². The first-order chi connectivity index (χ1) is 8.22. The van der Waals surface area contributed by atoms with Crippen molar-refractivity contribution < 1.29 is 9.53 Å². The number of likely N-dealkylation sites (N-methyl/N-ethyl adjacent to an activating group) is 1. The van der Waals surface area contributed by atoms with Gasteiger partial charge in [-0.15, -0.1) is 12.4 Å². The lowest BCUT2D eigenvalue weighted by Crippen LogP contribution is -2.33. The Kier molecular flexibility index (Phi) is 9.06. The zero-order chi connectivity index (χ0) is 12.5. The largest absolute Gasteiger partial charge is 0.494 e. The van der Waals surface area contributed by atoms with Crippen molar-refractivity contribution in [1.29, 1.82) is 0 Å². The Morgan fingerprint density at radius 2 is 1.94 bits per heavy atom. The standard InChI is InChI=1S/C13H20N2O2.ClH/c1-11-4-6-12(7-5-11)17-9-3-8-15-13(16)10-14-2;/h4-7,14H,3,8-10H2,1-2H3,(H,15,16);1H. The molecule has 0 atom stereocenters. The van der Waals surface area contributed by atoms with Crippen molar-refractivity contribution in [2.75, 3.05) is 26.7 Å². The molecule has 102 valence electrons. The highest BCUT2D eigenvalue weighted by Crippen LogP contribution is 2.11. The molecule has 4 nitrogen and oxygen atoms in total. The average molecular weight is 273 g/mol. The first-order valence-corrected chi connectivity index (χ1v) is 5.83. The number of carbonyl (C=O) groups excluding carboxylic acids is 1. The minimum Gasteiger partial charge on any atom is -0.494 e. The van der Waals surface area contributed by atoms with E-state index < -0.39 is 0 Å². The van der Waals surface area contributed by atoms with Crippen LogP contribution in [0.2, 0.25) is 0 Å². The van der Waals surface area contributed by atoms with Gasteiger partial charge in [0.2, 0.25) is 5.91 Å². The van der Waals surface area contributed by atoms with Crippen molar-refractivity contribution in [2.45, 2.75) is 13.3 Å². The minimum atomic E-state index is 0. The van der Waals surface area contributed by atoms with Crippen molar-refractivity contribution in [3.63, 3.8) is 0 Å². The minimum absolute atomic E-state index is 0. The topological polar surface area (TPSA) is 50.4 Å². The normalized spacial score (nSPS) is 9.44. The molecule has 0 aromatic heterocycles. The molecule has 0 radical (unpaired) electrons. The van der Waals surface area contributed by atoms with Crippen LogP contribution in [0.25, 0.3) is 0 Å². The summed E-state index contributed by atoms with van der Waals surface area (Å²) in [7, 11) is 1.75. The Hall–Kier alpha value is -1.26. The molecule has 2 N–H and O–H groups in total. The lowest BCUT2D eigenvalue weighted by atomic mass is 10.2. The zero-order valence-electron chi connectivity index (χ0n) is 10.9. The number of nitrogens with one attached hydrogen (secondary N) is 2. The highest BCUT2D eigenvalue weighted by Gasteiger charge is 1.97. The van der Waals surface area contributed by atoms with Crippen LogP contribution < -0.4 is 15.4 Å². The summed E-state index contributed by atoms with van der Waals surface area (Å²) in [6, 6.07) is 7.94. The maximum Gasteiger partial charge on any atom is 0.233 e. The molecular weight excluding hydrogens is 252 g/mol. The lowest BCUT2D eigenvalue weighted by molar-refractivity contribution is -0.120. The maximum atomic E-state index is 11.1. The molecule has 0 bridgehead atoms. The van der Waals surface area contributed by atoms with Gasteiger partial charge in [-0.25, -0.2) is 0 Å². The van der Waals surface area contributed by atoms with E-state index in [0.29, 0.717) is 19.7 Å². The quantitative estimate of drug-likeness (QED) is 0.740. The van der Waals surface area contributed by atoms with Crippen LogP contribution in [0.4, 0.5) is 0 Å². The van der Waals surface area contributed by atoms with E-state index in [1.54, 1.807) is 7.05 Å². The van der Waals surface area contributed by atoms with E-state index in [9.17, 15) is 4.79 Å². The second-order valence-electron chi connectivity index (χ2n) is 3.90. The summed E-state index contributed by atoms with van der Waals surface area (Å²) in [4.78, 5) is 11.1. The summed E-state index contributed by atoms with van der Waals surface area (Å²) in [6.07, 6.45) is 0.809. The molecule has 1 aromatic carbocycles. The van der Waals surface area contributed by atoms with E-state index in [-0.39, 0.29) is 18.3 Å². The Morgan fingerprint density at radius 1 is 1.28 bits per heavy atom. The van der Waals surface area contributed by atoms with E-state index in [2.05, 4.69) is 10.6 Å². The summed E-state index contributed by atoms with van der Waals surface area (Å²) in [5, 5.41) is 5.59. The number of hydrogen-bond acceptors (Lipinski definition) is 3. The van der Waals surface area contributed by atoms with Gasteiger partial charge in [0.1, 0.15) is 5.75 Å². The SMILES string of the molecule is CNCC(=O)NCCCOc1ccc(C)cc1.Cl. The van der Waals surface area contributed by atoms with Crippen LogP contribution in [-0.2, 0) is 4.79 Å². The van der Waals surface area contributed by atoms with Gasteiger partial charge in [-0.05, 0) is 32.5 Å². The molecule has 1 amide bonds. The number of aryl methyl sites for hydroxylation is 1. The fourth-order valence-corrected chi connectivity index (χ4v) is 1.35. The maximum absolute atomic E-state index is 11.1. The van der Waals surface area contributed by atoms with Crippen LogP contribution >= 0.6 is 12.4 Å². The molecule has 0 aliphatic rings. The van der Waals surface area contributed by atoms with Gasteiger partial charge >= 0.3 is 0 Å². The molecule has 1 aromatic rings. The zero-order valence-corrected chi connectivity index (χ0v) is 11.7. The van der Waals surface area contributed by atoms with Gasteiger partial charge in [0, 0.05) is 6.54 Å². The van der Waals surface area contributed by atoms with Crippen LogP contribution in [0.5, 0.6) is 5.75 Å². The molecule has 0 spiro atoms. The first kappa shape index (κ1) is 16.7. The number of benzene rings is 1. The van der Waals surface area contributed by atoms with Gasteiger partial charge in [-0.3, -0.25) is 4.79 Å². The second-order valence-corrected chi connectivity index (χ2v) is 3.90. The number of rotatable bonds is 7. The van der Waals surface area contributed by atoms with Gasteiger partial charge in [-0.1, -0.05) is 17.7 Å². The molecule has 5 heteroatoms. The van der Waals surface area contributed by atoms with Crippen molar-refractivity contribution in [2.24, 2.45) is 0 Å². The predicted octanol–water partition coefficient (Wildman–Crippen LogP) is 1.52. The van der Waals surface area contributed by atoms with E-state index in [1.807, 2.05) is 31.2 Å². The molecule has 18 heavy (non-hydrogen) atoms. The highest BCUT2D eigenvalue weighted by atomic mass is 35.5. The predicted molar refractivity (Wildman–Crippen MR) is 75.5 cm³/mol. The van der Waals surface area contributed by atoms with Crippen LogP contribution in [0.1, 0.15) is 12.0 Å². The van der Waals surface area contributed by atoms with Crippen LogP contribution in [0, 0.1) is 6.92 Å². The van der Waals surface area contributed by atoms with Crippen molar-refractivity contribution in [1.82, 2.24) is 10.6 Å². The fraction of sp³-hybridized carbons (Fsp3) is 0.462. The molecule has 0 heterocycles. The third-order valence-corrected chi connectivity index (χ3v) is 2.27. The summed E-state index contributed by atoms with van der Waals surface area (Å²) in [5.74, 6) is 0.889. The van der Waals surface area contributed by atoms with E-state index in [1.165, 1.54) is 5.56 Å². The molecule has 0 saturated heterocycles. The van der Waals surface area contributed by atoms with Gasteiger partial charge < -0.3 is 15.4 Å². The lowest BCUT2D eigenvalue weighted by Gasteiger charge is -2.07. The number of ether oxygens (including phenoxy) is 1. The average Bonchev–Trinajstić information content (AvgIpc) is 2.31. The number of hydrogen-bond donors (Lipinski definition) is 2. The van der Waals surface area contributed by atoms with Gasteiger partial charge in [0.05, 0.1) is 13.2 Å². The van der Waals surface area contributed by atoms with Gasteiger partial charge in [0.25, 0.3) is 0 Å². The van der Waals surface area contributed by atoms with Gasteiger partial charge in [0.15, 0.2) is 0 Å². The molecule has 0 unspecified atom stereocenters. The van der Waals surface area contributed by atoms with Crippen LogP contribution in [0.15, 0.2) is 24.3 Å². The second kappa shape index (κ2) is 9.74. The summed E-state index contributed by atoms with van der Waals surface area (Å²) in [5.41, 5.74) is 1.22. The van der Waals surface area contributed by atoms with Crippen LogP contribution in [-0.4, -0.2) is 32.7 Å². The molecule has 0 saturated carbocycles. The first-order valence-electron chi connectivity index (χ1n) is 5.83. The Morgan fingerprint density at radius 3 is 2.56 bits per heavy atom. The molecule has 0 fully saturated rings. The third kappa shape index (κ3) is 7.14. The van der Waals surface area contributed by atoms with Crippen molar-refractivity contribution in [3.05, 3.63) is 29.8 Å². The monoisotopic (exact) mass is 272 g/mol. The molecule has 1 rings (SSSR count). The highest BCUT2D eigenvalue weighted by molar-refractivity contribution is 5.85. The van der Waals surface area contributed by atoms with E-state index >= 15 is 0 Å². The number of halogens is 1. The summed E-state index contributed by atoms with van der Waals surface area (Å²) in [6.45, 7) is 3.66. The number of amides is 1. The smallest absolute Gasteiger partial charge is 0.233 e. The Labute approximate surface area is 115 Å². The fourth-order valence-electron chi connectivity index (χ4n) is 1.35. The van der Waals surface area contributed by atoms with Gasteiger partial charge in [-0.2, -0.15) is 0 Å². The van der Waals surface area contributed by atoms with E-state index in [4.69, 9.17) is 4.74 Å². The van der Waals surface area contributed by atoms with Crippen LogP contribution in [0.3, 0.4) is 0 Å². The molecular formula is C13H21ClN2O2. The summed E-state index contributed by atoms with van der Waals surface area (Å²) < 4.78 is 5.54. The molecule has 0 aliphatic heterocycles. The number of carbonyl (C=O) groups is 1.